The summed E-state index contributed by atoms with van der Waals surface area (Å²) < 4.78 is 0. The molecule has 1 heterocycles. The SMILES string of the molecule is N#CC(=CNc1ccc(Cl)cc1O)c1nn[nH]n1. The van der Waals surface area contributed by atoms with Crippen LogP contribution in [-0.4, -0.2) is 25.7 Å². The van der Waals surface area contributed by atoms with Gasteiger partial charge >= 0.3 is 0 Å². The summed E-state index contributed by atoms with van der Waals surface area (Å²) in [6, 6.07) is 6.49. The number of nitrogens with zero attached hydrogens (tertiary/aromatic N) is 4. The van der Waals surface area contributed by atoms with Crippen molar-refractivity contribution in [3.63, 3.8) is 0 Å². The van der Waals surface area contributed by atoms with E-state index in [1.165, 1.54) is 12.3 Å². The lowest BCUT2D eigenvalue weighted by Gasteiger charge is -2.04. The number of anilines is 1. The largest absolute Gasteiger partial charge is 0.506 e. The number of aromatic amines is 1. The van der Waals surface area contributed by atoms with Crippen LogP contribution in [0.3, 0.4) is 0 Å². The number of aromatic hydroxyl groups is 1. The number of phenolic OH excluding ortho intramolecular Hbond substituents is 1. The van der Waals surface area contributed by atoms with E-state index >= 15 is 0 Å². The zero-order chi connectivity index (χ0) is 13.0. The molecule has 1 aromatic heterocycles. The summed E-state index contributed by atoms with van der Waals surface area (Å²) in [5, 5.41) is 34.7. The lowest BCUT2D eigenvalue weighted by Crippen LogP contribution is -1.93. The van der Waals surface area contributed by atoms with Crippen molar-refractivity contribution in [2.45, 2.75) is 0 Å². The van der Waals surface area contributed by atoms with Crippen molar-refractivity contribution in [1.82, 2.24) is 20.6 Å². The van der Waals surface area contributed by atoms with Crippen LogP contribution in [0.15, 0.2) is 24.4 Å². The van der Waals surface area contributed by atoms with Crippen molar-refractivity contribution in [3.05, 3.63) is 35.2 Å². The van der Waals surface area contributed by atoms with Gasteiger partial charge in [-0.15, -0.1) is 10.2 Å². The molecule has 2 aromatic rings. The molecule has 0 saturated carbocycles. The summed E-state index contributed by atoms with van der Waals surface area (Å²) in [6.45, 7) is 0. The van der Waals surface area contributed by atoms with E-state index in [0.717, 1.165) is 0 Å². The maximum atomic E-state index is 9.60. The molecule has 0 atom stereocenters. The molecule has 0 aliphatic heterocycles. The number of benzene rings is 1. The van der Waals surface area contributed by atoms with Crippen LogP contribution in [-0.2, 0) is 0 Å². The zero-order valence-electron chi connectivity index (χ0n) is 8.92. The second kappa shape index (κ2) is 5.16. The van der Waals surface area contributed by atoms with Crippen molar-refractivity contribution in [2.75, 3.05) is 5.32 Å². The molecule has 1 aromatic carbocycles. The smallest absolute Gasteiger partial charge is 0.216 e. The molecule has 0 unspecified atom stereocenters. The zero-order valence-corrected chi connectivity index (χ0v) is 9.68. The van der Waals surface area contributed by atoms with Crippen LogP contribution in [0, 0.1) is 11.3 Å². The third kappa shape index (κ3) is 2.56. The van der Waals surface area contributed by atoms with Crippen LogP contribution in [0.25, 0.3) is 5.57 Å². The van der Waals surface area contributed by atoms with Crippen molar-refractivity contribution in [3.8, 4) is 11.8 Å². The van der Waals surface area contributed by atoms with Gasteiger partial charge in [0.2, 0.25) is 5.82 Å². The summed E-state index contributed by atoms with van der Waals surface area (Å²) in [6.07, 6.45) is 1.37. The molecule has 8 heteroatoms. The second-order valence-electron chi connectivity index (χ2n) is 3.21. The van der Waals surface area contributed by atoms with Gasteiger partial charge in [0.15, 0.2) is 0 Å². The summed E-state index contributed by atoms with van der Waals surface area (Å²) in [5.41, 5.74) is 0.591. The van der Waals surface area contributed by atoms with Crippen molar-refractivity contribution < 1.29 is 5.11 Å². The summed E-state index contributed by atoms with van der Waals surface area (Å²) in [4.78, 5) is 0. The Morgan fingerprint density at radius 2 is 2.39 bits per heavy atom. The van der Waals surface area contributed by atoms with Gasteiger partial charge in [-0.3, -0.25) is 0 Å². The molecule has 18 heavy (non-hydrogen) atoms. The number of phenols is 1. The molecule has 0 bridgehead atoms. The highest BCUT2D eigenvalue weighted by Gasteiger charge is 2.06. The fourth-order valence-corrected chi connectivity index (χ4v) is 1.37. The first-order valence-corrected chi connectivity index (χ1v) is 5.17. The van der Waals surface area contributed by atoms with E-state index in [0.29, 0.717) is 10.7 Å². The highest BCUT2D eigenvalue weighted by molar-refractivity contribution is 6.30. The summed E-state index contributed by atoms with van der Waals surface area (Å²) in [7, 11) is 0. The fourth-order valence-electron chi connectivity index (χ4n) is 1.20. The number of rotatable bonds is 3. The van der Waals surface area contributed by atoms with Crippen LogP contribution in [0.4, 0.5) is 5.69 Å². The molecule has 90 valence electrons. The number of nitriles is 1. The van der Waals surface area contributed by atoms with E-state index in [-0.39, 0.29) is 17.1 Å². The summed E-state index contributed by atoms with van der Waals surface area (Å²) in [5.74, 6) is 0.141. The molecular weight excluding hydrogens is 256 g/mol. The molecule has 0 fully saturated rings. The molecule has 7 nitrogen and oxygen atoms in total. The molecule has 0 radical (unpaired) electrons. The van der Waals surface area contributed by atoms with Gasteiger partial charge in [0, 0.05) is 17.3 Å². The number of hydrogen-bond donors (Lipinski definition) is 3. The Kier molecular flexibility index (Phi) is 3.41. The third-order valence-electron chi connectivity index (χ3n) is 2.04. The van der Waals surface area contributed by atoms with E-state index < -0.39 is 0 Å². The standard InChI is InChI=1S/C10H7ClN6O/c11-7-1-2-8(9(18)3-7)13-5-6(4-12)10-14-16-17-15-10/h1-3,5,13,18H,(H,14,15,16,17). The van der Waals surface area contributed by atoms with Gasteiger partial charge in [0.25, 0.3) is 0 Å². The molecule has 0 amide bonds. The average molecular weight is 263 g/mol. The quantitative estimate of drug-likeness (QED) is 0.571. The predicted octanol–water partition coefficient (Wildman–Crippen LogP) is 1.54. The number of hydrogen-bond acceptors (Lipinski definition) is 6. The minimum atomic E-state index is -0.0239. The van der Waals surface area contributed by atoms with E-state index in [1.54, 1.807) is 12.1 Å². The number of tetrazole rings is 1. The Hall–Kier alpha value is -2.59. The lowest BCUT2D eigenvalue weighted by molar-refractivity contribution is 0.478. The van der Waals surface area contributed by atoms with Crippen molar-refractivity contribution in [2.24, 2.45) is 0 Å². The van der Waals surface area contributed by atoms with E-state index in [9.17, 15) is 5.11 Å². The Morgan fingerprint density at radius 1 is 1.56 bits per heavy atom. The molecule has 2 rings (SSSR count). The Balaban J connectivity index is 2.22. The number of H-pyrrole nitrogens is 1. The Bertz CT molecular complexity index is 616. The number of aromatic nitrogens is 4. The first-order chi connectivity index (χ1) is 8.70. The first-order valence-electron chi connectivity index (χ1n) is 4.80. The van der Waals surface area contributed by atoms with Gasteiger partial charge in [-0.2, -0.15) is 10.5 Å². The first kappa shape index (κ1) is 11.9. The maximum Gasteiger partial charge on any atom is 0.216 e. The highest BCUT2D eigenvalue weighted by Crippen LogP contribution is 2.26. The second-order valence-corrected chi connectivity index (χ2v) is 3.65. The van der Waals surface area contributed by atoms with Crippen molar-refractivity contribution in [1.29, 1.82) is 5.26 Å². The average Bonchev–Trinajstić information content (AvgIpc) is 2.86. The predicted molar refractivity (Wildman–Crippen MR) is 64.5 cm³/mol. The van der Waals surface area contributed by atoms with Crippen LogP contribution in [0.2, 0.25) is 5.02 Å². The normalized spacial score (nSPS) is 11.0. The number of nitrogens with one attached hydrogen (secondary N) is 2. The van der Waals surface area contributed by atoms with E-state index in [1.807, 2.05) is 6.07 Å². The van der Waals surface area contributed by atoms with E-state index in [4.69, 9.17) is 16.9 Å². The van der Waals surface area contributed by atoms with Crippen LogP contribution in [0.1, 0.15) is 5.82 Å². The maximum absolute atomic E-state index is 9.60. The molecule has 0 aliphatic carbocycles. The molecular formula is C10H7ClN6O. The van der Waals surface area contributed by atoms with Crippen LogP contribution < -0.4 is 5.32 Å². The molecule has 0 saturated heterocycles. The lowest BCUT2D eigenvalue weighted by atomic mass is 10.2. The van der Waals surface area contributed by atoms with Crippen LogP contribution >= 0.6 is 11.6 Å². The number of halogens is 1. The monoisotopic (exact) mass is 262 g/mol. The van der Waals surface area contributed by atoms with Gasteiger partial charge in [-0.05, 0) is 17.3 Å². The topological polar surface area (TPSA) is 111 Å². The highest BCUT2D eigenvalue weighted by atomic mass is 35.5. The van der Waals surface area contributed by atoms with E-state index in [2.05, 4.69) is 25.9 Å². The Morgan fingerprint density at radius 3 is 3.00 bits per heavy atom. The van der Waals surface area contributed by atoms with Gasteiger partial charge < -0.3 is 10.4 Å². The third-order valence-corrected chi connectivity index (χ3v) is 2.27. The van der Waals surface area contributed by atoms with Gasteiger partial charge in [-0.1, -0.05) is 11.6 Å². The fraction of sp³-hybridized carbons (Fsp3) is 0. The minimum Gasteiger partial charge on any atom is -0.506 e. The Labute approximate surface area is 107 Å². The molecule has 0 spiro atoms. The van der Waals surface area contributed by atoms with Crippen LogP contribution in [0.5, 0.6) is 5.75 Å². The minimum absolute atomic E-state index is 0.0239. The number of allylic oxidation sites excluding steroid dienone is 1. The molecule has 0 aliphatic rings. The van der Waals surface area contributed by atoms with Gasteiger partial charge in [-0.25, -0.2) is 0 Å². The summed E-state index contributed by atoms with van der Waals surface area (Å²) >= 11 is 5.70. The van der Waals surface area contributed by atoms with Gasteiger partial charge in [0.05, 0.1) is 5.69 Å². The molecule has 3 N–H and O–H groups in total. The van der Waals surface area contributed by atoms with Crippen molar-refractivity contribution >= 4 is 22.9 Å². The van der Waals surface area contributed by atoms with Gasteiger partial charge in [0.1, 0.15) is 17.4 Å².